The van der Waals surface area contributed by atoms with E-state index in [-0.39, 0.29) is 12.1 Å². The molecule has 0 aliphatic heterocycles. The number of aromatic nitrogens is 1. The molecule has 1 aromatic carbocycles. The van der Waals surface area contributed by atoms with Crippen molar-refractivity contribution < 1.29 is 14.3 Å². The lowest BCUT2D eigenvalue weighted by Crippen LogP contribution is -2.29. The third-order valence-electron chi connectivity index (χ3n) is 5.48. The monoisotopic (exact) mass is 510 g/mol. The molecule has 4 rings (SSSR count). The van der Waals surface area contributed by atoms with Gasteiger partial charge in [-0.3, -0.25) is 14.5 Å². The minimum atomic E-state index is -0.751. The van der Waals surface area contributed by atoms with E-state index in [1.165, 1.54) is 17.5 Å². The number of nitriles is 1. The first-order valence-corrected chi connectivity index (χ1v) is 12.0. The maximum absolute atomic E-state index is 13.0. The van der Waals surface area contributed by atoms with E-state index in [9.17, 15) is 14.7 Å². The predicted octanol–water partition coefficient (Wildman–Crippen LogP) is 3.81. The first kappa shape index (κ1) is 24.7. The second-order valence-electron chi connectivity index (χ2n) is 8.25. The number of carbonyl (C=O) groups excluding carboxylic acids is 1. The molecule has 35 heavy (non-hydrogen) atoms. The van der Waals surface area contributed by atoms with Gasteiger partial charge in [-0.25, -0.2) is 0 Å². The number of nitrogens with one attached hydrogen (secondary N) is 1. The van der Waals surface area contributed by atoms with Crippen molar-refractivity contribution in [2.24, 2.45) is 7.05 Å². The number of furan rings is 1. The summed E-state index contributed by atoms with van der Waals surface area (Å²) in [6.07, 6.45) is 0.713. The van der Waals surface area contributed by atoms with E-state index in [1.54, 1.807) is 54.1 Å². The number of hydrogen-bond acceptors (Lipinski definition) is 7. The predicted molar refractivity (Wildman–Crippen MR) is 134 cm³/mol. The number of fused-ring (bicyclic) bond motifs is 1. The molecule has 0 saturated heterocycles. The molecule has 0 bridgehead atoms. The van der Waals surface area contributed by atoms with Crippen LogP contribution >= 0.6 is 22.9 Å². The molecular weight excluding hydrogens is 488 g/mol. The number of thiophene rings is 1. The number of carbonyl (C=O) groups is 1. The Bertz CT molecular complexity index is 1470. The summed E-state index contributed by atoms with van der Waals surface area (Å²) >= 11 is 7.15. The van der Waals surface area contributed by atoms with Gasteiger partial charge in [-0.1, -0.05) is 23.7 Å². The Labute approximate surface area is 210 Å². The summed E-state index contributed by atoms with van der Waals surface area (Å²) in [5.74, 6) is 0.0585. The number of aliphatic hydroxyl groups is 1. The third kappa shape index (κ3) is 5.63. The standard InChI is InChI=1S/C25H23ClN4O4S/c1-29(14-21(31)22-8-7-18(10-27)35-22)12-17-9-19-23(32)20(13-30(2)25(19)34-17)24(33)28-11-15-3-5-16(26)6-4-15/h3-9,13,21,31H,11-12,14H2,1-2H3,(H,28,33). The number of hydrogen-bond donors (Lipinski definition) is 2. The molecule has 10 heteroatoms. The Morgan fingerprint density at radius 2 is 2.06 bits per heavy atom. The van der Waals surface area contributed by atoms with Crippen molar-refractivity contribution >= 4 is 39.9 Å². The fraction of sp³-hybridized carbons (Fsp3) is 0.240. The van der Waals surface area contributed by atoms with Crippen molar-refractivity contribution in [1.29, 1.82) is 5.26 Å². The fourth-order valence-corrected chi connectivity index (χ4v) is 4.65. The summed E-state index contributed by atoms with van der Waals surface area (Å²) in [7, 11) is 3.53. The van der Waals surface area contributed by atoms with Crippen molar-refractivity contribution in [3.8, 4) is 6.07 Å². The van der Waals surface area contributed by atoms with E-state index in [2.05, 4.69) is 11.4 Å². The highest BCUT2D eigenvalue weighted by molar-refractivity contribution is 7.12. The van der Waals surface area contributed by atoms with Gasteiger partial charge in [0.2, 0.25) is 11.1 Å². The maximum atomic E-state index is 13.0. The number of likely N-dealkylation sites (N-methyl/N-ethyl adjacent to an activating group) is 1. The highest BCUT2D eigenvalue weighted by Crippen LogP contribution is 2.24. The summed E-state index contributed by atoms with van der Waals surface area (Å²) in [5, 5.41) is 23.1. The number of aryl methyl sites for hydroxylation is 1. The van der Waals surface area contributed by atoms with Crippen LogP contribution in [0.3, 0.4) is 0 Å². The molecule has 1 unspecified atom stereocenters. The number of rotatable bonds is 8. The average Bonchev–Trinajstić information content (AvgIpc) is 3.48. The number of halogens is 1. The number of amides is 1. The number of pyridine rings is 1. The van der Waals surface area contributed by atoms with Gasteiger partial charge in [0, 0.05) is 36.2 Å². The van der Waals surface area contributed by atoms with Gasteiger partial charge in [0.1, 0.15) is 28.4 Å². The first-order valence-electron chi connectivity index (χ1n) is 10.8. The van der Waals surface area contributed by atoms with Crippen LogP contribution < -0.4 is 10.7 Å². The molecule has 1 amide bonds. The summed E-state index contributed by atoms with van der Waals surface area (Å²) < 4.78 is 7.50. The molecule has 0 saturated carbocycles. The molecule has 0 aliphatic rings. The molecule has 0 spiro atoms. The molecule has 0 radical (unpaired) electrons. The Kier molecular flexibility index (Phi) is 7.38. The van der Waals surface area contributed by atoms with Crippen LogP contribution in [0.25, 0.3) is 11.1 Å². The Hall–Kier alpha value is -3.42. The molecule has 0 fully saturated rings. The zero-order valence-electron chi connectivity index (χ0n) is 19.1. The van der Waals surface area contributed by atoms with Crippen LogP contribution in [0.4, 0.5) is 0 Å². The molecule has 8 nitrogen and oxygen atoms in total. The van der Waals surface area contributed by atoms with Crippen molar-refractivity contribution in [1.82, 2.24) is 14.8 Å². The average molecular weight is 511 g/mol. The van der Waals surface area contributed by atoms with E-state index < -0.39 is 17.4 Å². The van der Waals surface area contributed by atoms with Crippen LogP contribution in [0.1, 0.15) is 37.5 Å². The van der Waals surface area contributed by atoms with Gasteiger partial charge in [0.15, 0.2) is 0 Å². The van der Waals surface area contributed by atoms with E-state index in [4.69, 9.17) is 21.3 Å². The molecule has 1 atom stereocenters. The topological polar surface area (TPSA) is 112 Å². The Morgan fingerprint density at radius 3 is 2.74 bits per heavy atom. The van der Waals surface area contributed by atoms with Crippen molar-refractivity contribution in [2.75, 3.05) is 13.6 Å². The lowest BCUT2D eigenvalue weighted by atomic mass is 10.2. The molecule has 2 N–H and O–H groups in total. The summed E-state index contributed by atoms with van der Waals surface area (Å²) in [4.78, 5) is 28.9. The molecule has 3 heterocycles. The van der Waals surface area contributed by atoms with Crippen LogP contribution in [0.15, 0.2) is 57.9 Å². The maximum Gasteiger partial charge on any atom is 0.257 e. The molecule has 0 aliphatic carbocycles. The van der Waals surface area contributed by atoms with Crippen LogP contribution in [0.5, 0.6) is 0 Å². The van der Waals surface area contributed by atoms with Crippen molar-refractivity contribution in [2.45, 2.75) is 19.2 Å². The van der Waals surface area contributed by atoms with Crippen LogP contribution in [0, 0.1) is 11.3 Å². The van der Waals surface area contributed by atoms with Crippen molar-refractivity contribution in [3.63, 3.8) is 0 Å². The van der Waals surface area contributed by atoms with E-state index in [0.717, 1.165) is 5.56 Å². The molecule has 4 aromatic rings. The second-order valence-corrected chi connectivity index (χ2v) is 9.80. The number of benzene rings is 1. The van der Waals surface area contributed by atoms with Gasteiger partial charge in [-0.15, -0.1) is 11.3 Å². The minimum absolute atomic E-state index is 0.0242. The normalized spacial score (nSPS) is 12.1. The molecule has 3 aromatic heterocycles. The highest BCUT2D eigenvalue weighted by Gasteiger charge is 2.19. The van der Waals surface area contributed by atoms with Crippen LogP contribution in [-0.2, 0) is 20.1 Å². The van der Waals surface area contributed by atoms with Crippen LogP contribution in [-0.4, -0.2) is 34.1 Å². The largest absolute Gasteiger partial charge is 0.443 e. The van der Waals surface area contributed by atoms with Crippen LogP contribution in [0.2, 0.25) is 5.02 Å². The van der Waals surface area contributed by atoms with E-state index in [0.29, 0.717) is 44.7 Å². The summed E-state index contributed by atoms with van der Waals surface area (Å²) in [5.41, 5.74) is 0.844. The van der Waals surface area contributed by atoms with Gasteiger partial charge in [-0.05, 0) is 42.9 Å². The highest BCUT2D eigenvalue weighted by atomic mass is 35.5. The number of nitrogens with zero attached hydrogens (tertiary/aromatic N) is 3. The summed E-state index contributed by atoms with van der Waals surface area (Å²) in [6.45, 7) is 0.929. The zero-order chi connectivity index (χ0) is 25.1. The van der Waals surface area contributed by atoms with Gasteiger partial charge < -0.3 is 19.4 Å². The van der Waals surface area contributed by atoms with Gasteiger partial charge in [-0.2, -0.15) is 5.26 Å². The SMILES string of the molecule is CN(Cc1cc2c(=O)c(C(=O)NCc3ccc(Cl)cc3)cn(C)c2o1)CC(O)c1ccc(C#N)s1. The Balaban J connectivity index is 1.47. The zero-order valence-corrected chi connectivity index (χ0v) is 20.7. The summed E-state index contributed by atoms with van der Waals surface area (Å²) in [6, 6.07) is 14.2. The number of aliphatic hydroxyl groups excluding tert-OH is 1. The smallest absolute Gasteiger partial charge is 0.257 e. The fourth-order valence-electron chi connectivity index (χ4n) is 3.74. The quantitative estimate of drug-likeness (QED) is 0.373. The van der Waals surface area contributed by atoms with E-state index >= 15 is 0 Å². The minimum Gasteiger partial charge on any atom is -0.443 e. The molecular formula is C25H23ClN4O4S. The third-order valence-corrected chi connectivity index (χ3v) is 6.83. The molecule has 180 valence electrons. The lowest BCUT2D eigenvalue weighted by molar-refractivity contribution is 0.0949. The van der Waals surface area contributed by atoms with Gasteiger partial charge >= 0.3 is 0 Å². The Morgan fingerprint density at radius 1 is 1.31 bits per heavy atom. The van der Waals surface area contributed by atoms with E-state index in [1.807, 2.05) is 11.9 Å². The lowest BCUT2D eigenvalue weighted by Gasteiger charge is -2.18. The van der Waals surface area contributed by atoms with Crippen molar-refractivity contribution in [3.05, 3.63) is 90.5 Å². The van der Waals surface area contributed by atoms with Gasteiger partial charge in [0.05, 0.1) is 11.9 Å². The van der Waals surface area contributed by atoms with Gasteiger partial charge in [0.25, 0.3) is 5.91 Å². The second kappa shape index (κ2) is 10.5. The first-order chi connectivity index (χ1) is 16.7.